The Bertz CT molecular complexity index is 1310. The minimum Gasteiger partial charge on any atom is -0.380 e. The van der Waals surface area contributed by atoms with Crippen LogP contribution in [0.4, 0.5) is 18.9 Å². The first-order valence-electron chi connectivity index (χ1n) is 10.8. The predicted octanol–water partition coefficient (Wildman–Crippen LogP) is 5.97. The first kappa shape index (κ1) is 23.4. The summed E-state index contributed by atoms with van der Waals surface area (Å²) in [5.41, 5.74) is 5.28. The van der Waals surface area contributed by atoms with Crippen LogP contribution in [0.25, 0.3) is 6.08 Å². The molecule has 0 bridgehead atoms. The molecule has 1 aliphatic carbocycles. The van der Waals surface area contributed by atoms with Gasteiger partial charge in [0.05, 0.1) is 23.1 Å². The normalized spacial score (nSPS) is 12.8. The summed E-state index contributed by atoms with van der Waals surface area (Å²) in [6.07, 6.45) is -0.346. The van der Waals surface area contributed by atoms with Crippen molar-refractivity contribution >= 4 is 23.3 Å². The number of rotatable bonds is 7. The standard InChI is InChI=1S/C27H23F3N2O2/c1-16-6-7-18(9-26(34)19-4-3-5-23(11-19)27(28,29)30)8-22(16)14-31-24-12-21-10-20(17(2)33)13-25(21)32-15-24/h3-8,10-12,15,31H,9,13-14H2,1-2H3. The molecule has 0 unspecified atom stereocenters. The fourth-order valence-corrected chi connectivity index (χ4v) is 3.90. The van der Waals surface area contributed by atoms with Crippen molar-refractivity contribution in [2.24, 2.45) is 0 Å². The minimum absolute atomic E-state index is 0.00755. The SMILES string of the molecule is CC(=O)C1=Cc2cc(NCc3cc(CC(=O)c4cccc(C(F)(F)F)c4)ccc3C)cnc2C1. The molecule has 1 heterocycles. The molecule has 0 fully saturated rings. The third-order valence-corrected chi connectivity index (χ3v) is 5.92. The molecule has 0 radical (unpaired) electrons. The van der Waals surface area contributed by atoms with E-state index in [9.17, 15) is 22.8 Å². The summed E-state index contributed by atoms with van der Waals surface area (Å²) in [6.45, 7) is 3.99. The maximum Gasteiger partial charge on any atom is 0.416 e. The van der Waals surface area contributed by atoms with Crippen LogP contribution >= 0.6 is 0 Å². The second-order valence-electron chi connectivity index (χ2n) is 8.46. The van der Waals surface area contributed by atoms with Gasteiger partial charge in [-0.15, -0.1) is 0 Å². The monoisotopic (exact) mass is 464 g/mol. The number of aryl methyl sites for hydroxylation is 1. The van der Waals surface area contributed by atoms with Gasteiger partial charge in [0.25, 0.3) is 0 Å². The summed E-state index contributed by atoms with van der Waals surface area (Å²) in [4.78, 5) is 28.7. The summed E-state index contributed by atoms with van der Waals surface area (Å²) in [5.74, 6) is -0.329. The number of fused-ring (bicyclic) bond motifs is 1. The van der Waals surface area contributed by atoms with E-state index in [2.05, 4.69) is 10.3 Å². The van der Waals surface area contributed by atoms with E-state index in [0.29, 0.717) is 13.0 Å². The Kier molecular flexibility index (Phi) is 6.37. The molecule has 0 saturated heterocycles. The molecular weight excluding hydrogens is 441 g/mol. The summed E-state index contributed by atoms with van der Waals surface area (Å²) < 4.78 is 38.9. The zero-order valence-corrected chi connectivity index (χ0v) is 18.8. The molecule has 1 N–H and O–H groups in total. The van der Waals surface area contributed by atoms with Crippen LogP contribution in [-0.4, -0.2) is 16.6 Å². The van der Waals surface area contributed by atoms with E-state index in [1.165, 1.54) is 12.1 Å². The average molecular weight is 464 g/mol. The van der Waals surface area contributed by atoms with Crippen LogP contribution in [-0.2, 0) is 30.4 Å². The van der Waals surface area contributed by atoms with Crippen LogP contribution in [0.2, 0.25) is 0 Å². The molecule has 3 aromatic rings. The number of alkyl halides is 3. The van der Waals surface area contributed by atoms with Crippen LogP contribution in [0.1, 0.15) is 50.8 Å². The topological polar surface area (TPSA) is 59.1 Å². The Balaban J connectivity index is 1.46. The molecule has 1 aliphatic rings. The number of anilines is 1. The fraction of sp³-hybridized carbons (Fsp3) is 0.222. The van der Waals surface area contributed by atoms with Gasteiger partial charge in [-0.1, -0.05) is 30.3 Å². The lowest BCUT2D eigenvalue weighted by Crippen LogP contribution is -2.09. The molecule has 4 rings (SSSR count). The number of pyridine rings is 1. The summed E-state index contributed by atoms with van der Waals surface area (Å²) in [7, 11) is 0. The van der Waals surface area contributed by atoms with Crippen molar-refractivity contribution < 1.29 is 22.8 Å². The molecule has 4 nitrogen and oxygen atoms in total. The third kappa shape index (κ3) is 5.25. The van der Waals surface area contributed by atoms with Gasteiger partial charge in [-0.25, -0.2) is 0 Å². The number of hydrogen-bond donors (Lipinski definition) is 1. The fourth-order valence-electron chi connectivity index (χ4n) is 3.90. The number of allylic oxidation sites excluding steroid dienone is 1. The van der Waals surface area contributed by atoms with Gasteiger partial charge in [0.15, 0.2) is 11.6 Å². The van der Waals surface area contributed by atoms with Crippen molar-refractivity contribution in [3.05, 3.63) is 99.4 Å². The van der Waals surface area contributed by atoms with Crippen molar-refractivity contribution in [3.8, 4) is 0 Å². The van der Waals surface area contributed by atoms with E-state index in [1.54, 1.807) is 13.1 Å². The molecule has 0 saturated carbocycles. The van der Waals surface area contributed by atoms with E-state index in [1.807, 2.05) is 37.3 Å². The van der Waals surface area contributed by atoms with Gasteiger partial charge in [0, 0.05) is 30.5 Å². The highest BCUT2D eigenvalue weighted by Gasteiger charge is 2.30. The number of ketones is 2. The molecule has 0 spiro atoms. The van der Waals surface area contributed by atoms with Gasteiger partial charge in [0.2, 0.25) is 0 Å². The number of benzene rings is 2. The first-order chi connectivity index (χ1) is 16.1. The largest absolute Gasteiger partial charge is 0.416 e. The second-order valence-corrected chi connectivity index (χ2v) is 8.46. The van der Waals surface area contributed by atoms with Gasteiger partial charge >= 0.3 is 6.18 Å². The molecule has 0 aliphatic heterocycles. The third-order valence-electron chi connectivity index (χ3n) is 5.92. The van der Waals surface area contributed by atoms with Crippen molar-refractivity contribution in [1.82, 2.24) is 4.98 Å². The zero-order chi connectivity index (χ0) is 24.5. The number of nitrogens with one attached hydrogen (secondary N) is 1. The highest BCUT2D eigenvalue weighted by atomic mass is 19.4. The van der Waals surface area contributed by atoms with Crippen molar-refractivity contribution in [2.75, 3.05) is 5.32 Å². The van der Waals surface area contributed by atoms with Crippen molar-refractivity contribution in [3.63, 3.8) is 0 Å². The Morgan fingerprint density at radius 2 is 1.88 bits per heavy atom. The van der Waals surface area contributed by atoms with E-state index in [4.69, 9.17) is 0 Å². The maximum absolute atomic E-state index is 13.0. The molecular formula is C27H23F3N2O2. The van der Waals surface area contributed by atoms with Crippen LogP contribution < -0.4 is 5.32 Å². The minimum atomic E-state index is -4.49. The van der Waals surface area contributed by atoms with E-state index in [-0.39, 0.29) is 23.6 Å². The predicted molar refractivity (Wildman–Crippen MR) is 125 cm³/mol. The lowest BCUT2D eigenvalue weighted by atomic mass is 9.98. The van der Waals surface area contributed by atoms with Gasteiger partial charge in [-0.3, -0.25) is 14.6 Å². The number of carbonyl (C=O) groups excluding carboxylic acids is 2. The smallest absolute Gasteiger partial charge is 0.380 e. The van der Waals surface area contributed by atoms with Gasteiger partial charge in [-0.05, 0) is 60.4 Å². The van der Waals surface area contributed by atoms with E-state index >= 15 is 0 Å². The molecule has 7 heteroatoms. The van der Waals surface area contributed by atoms with E-state index in [0.717, 1.165) is 51.3 Å². The number of hydrogen-bond acceptors (Lipinski definition) is 4. The van der Waals surface area contributed by atoms with Gasteiger partial charge < -0.3 is 5.32 Å². The van der Waals surface area contributed by atoms with Crippen LogP contribution in [0.3, 0.4) is 0 Å². The number of aromatic nitrogens is 1. The lowest BCUT2D eigenvalue weighted by Gasteiger charge is -2.12. The summed E-state index contributed by atoms with van der Waals surface area (Å²) in [6, 6.07) is 12.1. The molecule has 34 heavy (non-hydrogen) atoms. The Labute approximate surface area is 195 Å². The average Bonchev–Trinajstić information content (AvgIpc) is 3.23. The molecule has 0 atom stereocenters. The number of carbonyl (C=O) groups is 2. The van der Waals surface area contributed by atoms with Crippen LogP contribution in [0.15, 0.2) is 60.3 Å². The van der Waals surface area contributed by atoms with Gasteiger partial charge in [-0.2, -0.15) is 13.2 Å². The maximum atomic E-state index is 13.0. The van der Waals surface area contributed by atoms with E-state index < -0.39 is 11.7 Å². The summed E-state index contributed by atoms with van der Waals surface area (Å²) in [5, 5.41) is 3.33. The Morgan fingerprint density at radius 3 is 2.62 bits per heavy atom. The molecule has 1 aromatic heterocycles. The summed E-state index contributed by atoms with van der Waals surface area (Å²) >= 11 is 0. The highest BCUT2D eigenvalue weighted by molar-refractivity contribution is 6.00. The van der Waals surface area contributed by atoms with Crippen molar-refractivity contribution in [2.45, 2.75) is 39.4 Å². The molecule has 2 aromatic carbocycles. The number of halogens is 3. The highest BCUT2D eigenvalue weighted by Crippen LogP contribution is 2.30. The second kappa shape index (κ2) is 9.25. The lowest BCUT2D eigenvalue weighted by molar-refractivity contribution is -0.137. The van der Waals surface area contributed by atoms with Crippen molar-refractivity contribution in [1.29, 1.82) is 0 Å². The van der Waals surface area contributed by atoms with Crippen LogP contribution in [0.5, 0.6) is 0 Å². The number of Topliss-reactive ketones (excluding diaryl/α,β-unsaturated/α-hetero) is 2. The van der Waals surface area contributed by atoms with Crippen LogP contribution in [0, 0.1) is 6.92 Å². The Hall–Kier alpha value is -3.74. The molecule has 174 valence electrons. The number of nitrogens with zero attached hydrogens (tertiary/aromatic N) is 1. The zero-order valence-electron chi connectivity index (χ0n) is 18.8. The quantitative estimate of drug-likeness (QED) is 0.438. The Morgan fingerprint density at radius 1 is 1.09 bits per heavy atom. The first-order valence-corrected chi connectivity index (χ1v) is 10.8. The molecule has 0 amide bonds. The van der Waals surface area contributed by atoms with Gasteiger partial charge in [0.1, 0.15) is 0 Å².